The van der Waals surface area contributed by atoms with Crippen LogP contribution in [0.1, 0.15) is 6.42 Å². The van der Waals surface area contributed by atoms with Gasteiger partial charge in [-0.3, -0.25) is 0 Å². The molecule has 0 aromatic carbocycles. The van der Waals surface area contributed by atoms with Crippen molar-refractivity contribution in [1.29, 1.82) is 0 Å². The molecule has 0 fully saturated rings. The van der Waals surface area contributed by atoms with Crippen LogP contribution in [0.5, 0.6) is 0 Å². The van der Waals surface area contributed by atoms with Crippen molar-refractivity contribution in [3.63, 3.8) is 0 Å². The number of rotatable bonds is 4. The molecule has 0 unspecified atom stereocenters. The lowest BCUT2D eigenvalue weighted by Crippen LogP contribution is -2.06. The summed E-state index contributed by atoms with van der Waals surface area (Å²) >= 11 is 1.49. The molecule has 0 aliphatic rings. The third-order valence-electron chi connectivity index (χ3n) is 0.638. The van der Waals surface area contributed by atoms with Crippen LogP contribution in [-0.4, -0.2) is 28.1 Å². The third-order valence-corrected chi connectivity index (χ3v) is 1.40. The second-order valence-electron chi connectivity index (χ2n) is 1.34. The second-order valence-corrected chi connectivity index (χ2v) is 2.49. The van der Waals surface area contributed by atoms with Crippen molar-refractivity contribution >= 4 is 11.8 Å². The molecule has 50 valence electrons. The molecule has 0 aromatic heterocycles. The Balaban J connectivity index is 2.72. The van der Waals surface area contributed by atoms with Crippen molar-refractivity contribution in [2.24, 2.45) is 5.73 Å². The maximum Gasteiger partial charge on any atom is 0.152 e. The van der Waals surface area contributed by atoms with Gasteiger partial charge in [0, 0.05) is 12.3 Å². The monoisotopic (exact) mass is 137 g/mol. The minimum Gasteiger partial charge on any atom is -0.368 e. The first kappa shape index (κ1) is 8.23. The van der Waals surface area contributed by atoms with Crippen molar-refractivity contribution < 1.29 is 10.2 Å². The van der Waals surface area contributed by atoms with Crippen LogP contribution in [0.3, 0.4) is 0 Å². The Kier molecular flexibility index (Phi) is 5.52. The molecule has 0 aliphatic heterocycles. The molecule has 0 atom stereocenters. The maximum atomic E-state index is 8.28. The van der Waals surface area contributed by atoms with Gasteiger partial charge in [0.1, 0.15) is 0 Å². The normalized spacial score (nSPS) is 10.5. The number of hydrogen-bond donors (Lipinski definition) is 3. The molecule has 4 heteroatoms. The van der Waals surface area contributed by atoms with Gasteiger partial charge in [-0.25, -0.2) is 0 Å². The molecular formula is C4H11NO2S. The maximum absolute atomic E-state index is 8.28. The van der Waals surface area contributed by atoms with Gasteiger partial charge in [0.2, 0.25) is 0 Å². The summed E-state index contributed by atoms with van der Waals surface area (Å²) in [5, 5.41) is 16.6. The topological polar surface area (TPSA) is 66.5 Å². The zero-order chi connectivity index (χ0) is 6.41. The predicted octanol–water partition coefficient (Wildman–Crippen LogP) is -0.663. The smallest absolute Gasteiger partial charge is 0.152 e. The van der Waals surface area contributed by atoms with E-state index >= 15 is 0 Å². The number of aliphatic hydroxyl groups excluding tert-OH is 1. The van der Waals surface area contributed by atoms with Gasteiger partial charge < -0.3 is 15.9 Å². The zero-order valence-corrected chi connectivity index (χ0v) is 5.40. The summed E-state index contributed by atoms with van der Waals surface area (Å²) in [4.78, 5) is 0. The zero-order valence-electron chi connectivity index (χ0n) is 4.58. The van der Waals surface area contributed by atoms with Gasteiger partial charge in [-0.05, 0) is 5.75 Å². The molecule has 4 N–H and O–H groups in total. The first-order valence-electron chi connectivity index (χ1n) is 2.41. The quantitative estimate of drug-likeness (QED) is 0.355. The lowest BCUT2D eigenvalue weighted by molar-refractivity contribution is -0.0404. The fraction of sp³-hybridized carbons (Fsp3) is 1.00. The minimum absolute atomic E-state index is 0.405. The standard InChI is InChI=1S/C4H11NO2S/c5-3-8-2-1-4(6)7/h4,6-7H,1-3,5H2. The van der Waals surface area contributed by atoms with Crippen molar-refractivity contribution in [1.82, 2.24) is 0 Å². The molecule has 0 saturated carbocycles. The molecular weight excluding hydrogens is 126 g/mol. The Labute approximate surface area is 52.9 Å². The van der Waals surface area contributed by atoms with E-state index in [1.165, 1.54) is 11.8 Å². The van der Waals surface area contributed by atoms with Crippen molar-refractivity contribution in [3.8, 4) is 0 Å². The Bertz CT molecular complexity index is 51.3. The number of nitrogens with two attached hydrogens (primary N) is 1. The summed E-state index contributed by atoms with van der Waals surface area (Å²) in [6.45, 7) is 0. The first-order valence-corrected chi connectivity index (χ1v) is 3.56. The number of thioether (sulfide) groups is 1. The highest BCUT2D eigenvalue weighted by atomic mass is 32.2. The van der Waals surface area contributed by atoms with Crippen LogP contribution < -0.4 is 5.73 Å². The predicted molar refractivity (Wildman–Crippen MR) is 34.4 cm³/mol. The molecule has 0 bridgehead atoms. The summed E-state index contributed by atoms with van der Waals surface area (Å²) in [6, 6.07) is 0. The van der Waals surface area contributed by atoms with Crippen LogP contribution >= 0.6 is 11.8 Å². The molecule has 0 saturated heterocycles. The van der Waals surface area contributed by atoms with E-state index in [-0.39, 0.29) is 0 Å². The Morgan fingerprint density at radius 1 is 1.50 bits per heavy atom. The lowest BCUT2D eigenvalue weighted by Gasteiger charge is -1.99. The average molecular weight is 137 g/mol. The molecule has 0 heterocycles. The Morgan fingerprint density at radius 2 is 2.12 bits per heavy atom. The van der Waals surface area contributed by atoms with Gasteiger partial charge >= 0.3 is 0 Å². The summed E-state index contributed by atoms with van der Waals surface area (Å²) in [6.07, 6.45) is -0.768. The van der Waals surface area contributed by atoms with E-state index < -0.39 is 6.29 Å². The van der Waals surface area contributed by atoms with Gasteiger partial charge in [-0.2, -0.15) is 0 Å². The summed E-state index contributed by atoms with van der Waals surface area (Å²) < 4.78 is 0. The summed E-state index contributed by atoms with van der Waals surface area (Å²) in [7, 11) is 0. The third kappa shape index (κ3) is 6.23. The highest BCUT2D eigenvalue weighted by molar-refractivity contribution is 7.99. The van der Waals surface area contributed by atoms with E-state index in [1.807, 2.05) is 0 Å². The SMILES string of the molecule is NCSCCC(O)O. The summed E-state index contributed by atoms with van der Waals surface area (Å²) in [5.41, 5.74) is 5.11. The van der Waals surface area contributed by atoms with Crippen LogP contribution in [0.2, 0.25) is 0 Å². The Hall–Kier alpha value is 0.230. The van der Waals surface area contributed by atoms with Crippen molar-refractivity contribution in [2.75, 3.05) is 11.6 Å². The van der Waals surface area contributed by atoms with Gasteiger partial charge in [0.05, 0.1) is 0 Å². The molecule has 0 aromatic rings. The van der Waals surface area contributed by atoms with E-state index in [9.17, 15) is 0 Å². The molecule has 3 nitrogen and oxygen atoms in total. The Morgan fingerprint density at radius 3 is 2.50 bits per heavy atom. The van der Waals surface area contributed by atoms with E-state index in [0.29, 0.717) is 18.1 Å². The van der Waals surface area contributed by atoms with Crippen LogP contribution in [0.15, 0.2) is 0 Å². The fourth-order valence-corrected chi connectivity index (χ4v) is 0.816. The largest absolute Gasteiger partial charge is 0.368 e. The molecule has 0 spiro atoms. The molecule has 8 heavy (non-hydrogen) atoms. The fourth-order valence-electron chi connectivity index (χ4n) is 0.272. The van der Waals surface area contributed by atoms with Gasteiger partial charge in [0.25, 0.3) is 0 Å². The average Bonchev–Trinajstić information content (AvgIpc) is 1.66. The highest BCUT2D eigenvalue weighted by Gasteiger charge is 1.94. The molecule has 0 radical (unpaired) electrons. The summed E-state index contributed by atoms with van der Waals surface area (Å²) in [5.74, 6) is 1.26. The second kappa shape index (κ2) is 5.37. The van der Waals surface area contributed by atoms with Gasteiger partial charge in [0.15, 0.2) is 6.29 Å². The van der Waals surface area contributed by atoms with E-state index in [0.717, 1.165) is 0 Å². The van der Waals surface area contributed by atoms with Crippen LogP contribution in [0.25, 0.3) is 0 Å². The first-order chi connectivity index (χ1) is 3.77. The highest BCUT2D eigenvalue weighted by Crippen LogP contribution is 1.99. The van der Waals surface area contributed by atoms with E-state index in [2.05, 4.69) is 0 Å². The lowest BCUT2D eigenvalue weighted by atomic mass is 10.5. The van der Waals surface area contributed by atoms with Crippen molar-refractivity contribution in [3.05, 3.63) is 0 Å². The minimum atomic E-state index is -1.17. The van der Waals surface area contributed by atoms with Gasteiger partial charge in [-0.1, -0.05) is 0 Å². The van der Waals surface area contributed by atoms with E-state index in [4.69, 9.17) is 15.9 Å². The van der Waals surface area contributed by atoms with Crippen LogP contribution in [-0.2, 0) is 0 Å². The number of aliphatic hydroxyl groups is 2. The van der Waals surface area contributed by atoms with Gasteiger partial charge in [-0.15, -0.1) is 11.8 Å². The molecule has 0 aliphatic carbocycles. The van der Waals surface area contributed by atoms with Crippen molar-refractivity contribution in [2.45, 2.75) is 12.7 Å². The molecule has 0 rings (SSSR count). The molecule has 0 amide bonds. The van der Waals surface area contributed by atoms with Crippen LogP contribution in [0.4, 0.5) is 0 Å². The van der Waals surface area contributed by atoms with Crippen LogP contribution in [0, 0.1) is 0 Å². The van der Waals surface area contributed by atoms with E-state index in [1.54, 1.807) is 0 Å². The number of hydrogen-bond acceptors (Lipinski definition) is 4.